The Kier molecular flexibility index (Phi) is 8.83. The molecule has 0 bridgehead atoms. The standard InChI is InChI=1S/C51H36N4OS2/c1-3-13-33(14-4-1)41-21-7-8-22-42(53-49(52-41)34-15-5-2-6-16-34)36-29-30-44-46(31-36)57-51(55-44)35-27-25-32(26-28-35)37-17-11-18-38-39-19-12-20-40(48(39)58-47(37)38)50-54-43-23-9-10-24-45(43)56-50/h1-6,9-10,12-17,19-21,23-31H,7-8,11,18,22H2/b41-21-,52-49?,53-42?. The van der Waals surface area contributed by atoms with Gasteiger partial charge in [-0.15, -0.1) is 22.7 Å². The van der Waals surface area contributed by atoms with Crippen molar-refractivity contribution in [2.75, 3.05) is 0 Å². The molecule has 4 heterocycles. The van der Waals surface area contributed by atoms with Crippen LogP contribution >= 0.6 is 22.7 Å². The number of rotatable bonds is 6. The highest BCUT2D eigenvalue weighted by atomic mass is 32.1. The molecular weight excluding hydrogens is 749 g/mol. The Hall–Kier alpha value is -6.54. The number of hydrogen-bond donors (Lipinski definition) is 0. The molecule has 58 heavy (non-hydrogen) atoms. The lowest BCUT2D eigenvalue weighted by molar-refractivity contribution is 0.621. The minimum Gasteiger partial charge on any atom is -0.436 e. The number of aromatic nitrogens is 2. The summed E-state index contributed by atoms with van der Waals surface area (Å²) in [5.41, 5.74) is 14.1. The second kappa shape index (κ2) is 14.8. The number of aryl methyl sites for hydroxylation is 1. The maximum atomic E-state index is 6.24. The second-order valence-electron chi connectivity index (χ2n) is 14.7. The number of amidine groups is 1. The van der Waals surface area contributed by atoms with E-state index < -0.39 is 0 Å². The zero-order chi connectivity index (χ0) is 38.4. The number of para-hydroxylation sites is 2. The van der Waals surface area contributed by atoms with Crippen molar-refractivity contribution in [1.82, 2.24) is 9.97 Å². The van der Waals surface area contributed by atoms with Crippen LogP contribution in [-0.4, -0.2) is 21.5 Å². The Morgan fingerprint density at radius 1 is 0.552 bits per heavy atom. The fourth-order valence-corrected chi connectivity index (χ4v) is 10.5. The number of allylic oxidation sites excluding steroid dienone is 2. The van der Waals surface area contributed by atoms with E-state index >= 15 is 0 Å². The third kappa shape index (κ3) is 6.42. The van der Waals surface area contributed by atoms with Crippen LogP contribution in [0.25, 0.3) is 64.7 Å². The summed E-state index contributed by atoms with van der Waals surface area (Å²) < 4.78 is 8.62. The molecule has 1 aliphatic carbocycles. The summed E-state index contributed by atoms with van der Waals surface area (Å²) in [4.78, 5) is 21.8. The Bertz CT molecular complexity index is 3100. The molecule has 0 atom stereocenters. The number of aliphatic imine (C=N–C) groups is 2. The highest BCUT2D eigenvalue weighted by molar-refractivity contribution is 7.21. The Morgan fingerprint density at radius 3 is 2.17 bits per heavy atom. The van der Waals surface area contributed by atoms with Crippen molar-refractivity contribution in [3.05, 3.63) is 190 Å². The number of oxazole rings is 1. The largest absolute Gasteiger partial charge is 0.436 e. The Morgan fingerprint density at radius 2 is 1.33 bits per heavy atom. The number of hydrogen-bond acceptors (Lipinski definition) is 7. The van der Waals surface area contributed by atoms with Gasteiger partial charge in [0.2, 0.25) is 5.89 Å². The quantitative estimate of drug-likeness (QED) is 0.169. The Labute approximate surface area is 344 Å². The summed E-state index contributed by atoms with van der Waals surface area (Å²) >= 11 is 3.59. The average Bonchev–Trinajstić information content (AvgIpc) is 4.03. The average molecular weight is 785 g/mol. The van der Waals surface area contributed by atoms with Gasteiger partial charge in [0.15, 0.2) is 11.4 Å². The van der Waals surface area contributed by atoms with Crippen molar-refractivity contribution in [2.24, 2.45) is 9.98 Å². The lowest BCUT2D eigenvalue weighted by Gasteiger charge is -2.14. The van der Waals surface area contributed by atoms with Crippen molar-refractivity contribution in [3.8, 4) is 22.0 Å². The van der Waals surface area contributed by atoms with Crippen LogP contribution in [0, 0.1) is 0 Å². The van der Waals surface area contributed by atoms with E-state index in [9.17, 15) is 0 Å². The van der Waals surface area contributed by atoms with E-state index in [0.29, 0.717) is 5.89 Å². The minimum atomic E-state index is 0.678. The third-order valence-electron chi connectivity index (χ3n) is 11.0. The van der Waals surface area contributed by atoms with Crippen LogP contribution < -0.4 is 0 Å². The number of fused-ring (bicyclic) bond motifs is 5. The number of benzene rings is 6. The van der Waals surface area contributed by atoms with E-state index in [0.717, 1.165) is 103 Å². The number of thiophene rings is 1. The van der Waals surface area contributed by atoms with Gasteiger partial charge >= 0.3 is 0 Å². The molecule has 3 aromatic heterocycles. The Balaban J connectivity index is 0.899. The van der Waals surface area contributed by atoms with Crippen LogP contribution in [0.4, 0.5) is 0 Å². The fourth-order valence-electron chi connectivity index (χ4n) is 8.11. The first-order chi connectivity index (χ1) is 28.7. The molecule has 0 amide bonds. The van der Waals surface area contributed by atoms with Gasteiger partial charge in [-0.3, -0.25) is 0 Å². The zero-order valence-electron chi connectivity index (χ0n) is 31.6. The molecule has 7 heteroatoms. The summed E-state index contributed by atoms with van der Waals surface area (Å²) in [6, 6.07) is 50.8. The van der Waals surface area contributed by atoms with E-state index in [2.05, 4.69) is 109 Å². The molecule has 0 unspecified atom stereocenters. The van der Waals surface area contributed by atoms with Crippen molar-refractivity contribution in [3.63, 3.8) is 0 Å². The summed E-state index contributed by atoms with van der Waals surface area (Å²) in [6.07, 6.45) is 9.47. The third-order valence-corrected chi connectivity index (χ3v) is 13.4. The smallest absolute Gasteiger partial charge is 0.228 e. The predicted octanol–water partition coefficient (Wildman–Crippen LogP) is 13.8. The molecule has 1 aliphatic heterocycles. The van der Waals surface area contributed by atoms with Gasteiger partial charge in [-0.05, 0) is 95.6 Å². The van der Waals surface area contributed by atoms with Gasteiger partial charge in [-0.1, -0.05) is 127 Å². The van der Waals surface area contributed by atoms with Gasteiger partial charge in [0.25, 0.3) is 0 Å². The van der Waals surface area contributed by atoms with Crippen LogP contribution in [0.1, 0.15) is 58.4 Å². The van der Waals surface area contributed by atoms with Gasteiger partial charge in [-0.2, -0.15) is 0 Å². The SMILES string of the molecule is C1=C(c2ccc(-c3nc4ccc(C5=NC(c6ccccc6)=N/C(c6ccccc6)=C\CCC5)cc4s3)cc2)c2sc3c(-c4nc5ccccc5o4)cccc3c2CC1. The highest BCUT2D eigenvalue weighted by Gasteiger charge is 2.23. The van der Waals surface area contributed by atoms with Crippen molar-refractivity contribution in [2.45, 2.75) is 32.1 Å². The normalized spacial score (nSPS) is 15.5. The van der Waals surface area contributed by atoms with Crippen LogP contribution in [-0.2, 0) is 6.42 Å². The summed E-state index contributed by atoms with van der Waals surface area (Å²) in [5.74, 6) is 1.41. The van der Waals surface area contributed by atoms with E-state index in [-0.39, 0.29) is 0 Å². The molecule has 9 aromatic rings. The van der Waals surface area contributed by atoms with Crippen LogP contribution in [0.2, 0.25) is 0 Å². The van der Waals surface area contributed by atoms with Crippen molar-refractivity contribution < 1.29 is 4.42 Å². The molecule has 0 radical (unpaired) electrons. The molecular formula is C51H36N4OS2. The number of thiazole rings is 1. The van der Waals surface area contributed by atoms with E-state index in [1.165, 1.54) is 31.7 Å². The molecule has 5 nitrogen and oxygen atoms in total. The monoisotopic (exact) mass is 784 g/mol. The summed E-state index contributed by atoms with van der Waals surface area (Å²) in [6.45, 7) is 0. The second-order valence-corrected chi connectivity index (χ2v) is 16.8. The number of nitrogens with zero attached hydrogens (tertiary/aromatic N) is 4. The van der Waals surface area contributed by atoms with Gasteiger partial charge in [-0.25, -0.2) is 20.0 Å². The van der Waals surface area contributed by atoms with Gasteiger partial charge in [0, 0.05) is 20.7 Å². The lowest BCUT2D eigenvalue weighted by Crippen LogP contribution is -2.07. The lowest BCUT2D eigenvalue weighted by atomic mass is 9.91. The topological polar surface area (TPSA) is 63.6 Å². The van der Waals surface area contributed by atoms with Crippen LogP contribution in [0.3, 0.4) is 0 Å². The molecule has 6 aromatic carbocycles. The molecule has 278 valence electrons. The molecule has 0 saturated carbocycles. The summed E-state index contributed by atoms with van der Waals surface area (Å²) in [7, 11) is 0. The molecule has 11 rings (SSSR count). The van der Waals surface area contributed by atoms with Crippen LogP contribution in [0.15, 0.2) is 172 Å². The summed E-state index contributed by atoms with van der Waals surface area (Å²) in [5, 5.41) is 2.32. The van der Waals surface area contributed by atoms with Crippen molar-refractivity contribution in [1.29, 1.82) is 0 Å². The maximum absolute atomic E-state index is 6.24. The van der Waals surface area contributed by atoms with E-state index in [1.54, 1.807) is 11.3 Å². The van der Waals surface area contributed by atoms with E-state index in [1.807, 2.05) is 59.9 Å². The zero-order valence-corrected chi connectivity index (χ0v) is 33.2. The van der Waals surface area contributed by atoms with E-state index in [4.69, 9.17) is 24.4 Å². The fraction of sp³-hybridized carbons (Fsp3) is 0.0980. The highest BCUT2D eigenvalue weighted by Crippen LogP contribution is 2.46. The molecule has 0 saturated heterocycles. The molecule has 2 aliphatic rings. The molecule has 0 spiro atoms. The maximum Gasteiger partial charge on any atom is 0.228 e. The molecule has 0 N–H and O–H groups in total. The first-order valence-electron chi connectivity index (χ1n) is 19.8. The van der Waals surface area contributed by atoms with Gasteiger partial charge < -0.3 is 4.42 Å². The van der Waals surface area contributed by atoms with Crippen molar-refractivity contribution >= 4 is 76.9 Å². The first kappa shape index (κ1) is 34.7. The minimum absolute atomic E-state index is 0.678. The first-order valence-corrected chi connectivity index (χ1v) is 21.4. The van der Waals surface area contributed by atoms with Gasteiger partial charge in [0.1, 0.15) is 10.5 Å². The van der Waals surface area contributed by atoms with Gasteiger partial charge in [0.05, 0.1) is 27.2 Å². The molecule has 0 fully saturated rings. The van der Waals surface area contributed by atoms with Crippen LogP contribution in [0.5, 0.6) is 0 Å². The predicted molar refractivity (Wildman–Crippen MR) is 243 cm³/mol.